The normalized spacial score (nSPS) is 11.9. The quantitative estimate of drug-likeness (QED) is 0.130. The number of esters is 1. The van der Waals surface area contributed by atoms with Gasteiger partial charge in [-0.2, -0.15) is 0 Å². The van der Waals surface area contributed by atoms with E-state index in [0.717, 1.165) is 25.7 Å². The van der Waals surface area contributed by atoms with Crippen molar-refractivity contribution in [2.24, 2.45) is 5.92 Å². The molecule has 0 saturated heterocycles. The Morgan fingerprint density at radius 2 is 1.17 bits per heavy atom. The first-order chi connectivity index (χ1) is 14.8. The minimum Gasteiger partial charge on any atom is -0.499 e. The van der Waals surface area contributed by atoms with Gasteiger partial charge >= 0.3 is 5.97 Å². The molecule has 1 unspecified atom stereocenters. The van der Waals surface area contributed by atoms with E-state index in [-0.39, 0.29) is 18.5 Å². The molecule has 0 saturated carbocycles. The van der Waals surface area contributed by atoms with E-state index in [2.05, 4.69) is 13.5 Å². The van der Waals surface area contributed by atoms with Crippen molar-refractivity contribution in [1.29, 1.82) is 0 Å². The molecule has 8 heteroatoms. The number of carbonyl (C=O) groups is 1. The summed E-state index contributed by atoms with van der Waals surface area (Å²) < 4.78 is 37.1. The highest BCUT2D eigenvalue weighted by Gasteiger charge is 2.16. The van der Waals surface area contributed by atoms with Crippen LogP contribution in [-0.4, -0.2) is 85.3 Å². The zero-order valence-corrected chi connectivity index (χ0v) is 18.9. The Bertz CT molecular complexity index is 378. The van der Waals surface area contributed by atoms with Gasteiger partial charge in [0.2, 0.25) is 0 Å². The van der Waals surface area contributed by atoms with Crippen molar-refractivity contribution in [2.45, 2.75) is 39.5 Å². The summed E-state index contributed by atoms with van der Waals surface area (Å²) in [5, 5.41) is 0. The topological polar surface area (TPSA) is 81.7 Å². The predicted octanol–water partition coefficient (Wildman–Crippen LogP) is 2.99. The fourth-order valence-corrected chi connectivity index (χ4v) is 2.43. The molecule has 1 atom stereocenters. The van der Waals surface area contributed by atoms with Gasteiger partial charge in [-0.05, 0) is 12.8 Å². The van der Waals surface area contributed by atoms with E-state index in [0.29, 0.717) is 72.7 Å². The number of hydrogen-bond acceptors (Lipinski definition) is 8. The molecule has 0 N–H and O–H groups in total. The number of hydrogen-bond donors (Lipinski definition) is 0. The van der Waals surface area contributed by atoms with E-state index in [9.17, 15) is 4.79 Å². The molecule has 0 heterocycles. The standard InChI is InChI=1S/C22H42O8/c1-4-7-8-21(5-2)22(23)30-20-19-29-18-17-28-16-15-27-14-13-26-12-11-25-10-9-24-6-3/h6,21H,3-5,7-20H2,1-2H3. The van der Waals surface area contributed by atoms with Crippen LogP contribution in [0.25, 0.3) is 0 Å². The van der Waals surface area contributed by atoms with Gasteiger partial charge in [0, 0.05) is 0 Å². The maximum atomic E-state index is 11.9. The fraction of sp³-hybridized carbons (Fsp3) is 0.864. The Balaban J connectivity index is 3.22. The summed E-state index contributed by atoms with van der Waals surface area (Å²) in [6, 6.07) is 0. The molecule has 8 nitrogen and oxygen atoms in total. The second-order valence-corrected chi connectivity index (χ2v) is 6.51. The highest BCUT2D eigenvalue weighted by molar-refractivity contribution is 5.72. The highest BCUT2D eigenvalue weighted by atomic mass is 16.6. The molecular formula is C22H42O8. The highest BCUT2D eigenvalue weighted by Crippen LogP contribution is 2.14. The van der Waals surface area contributed by atoms with Gasteiger partial charge in [0.15, 0.2) is 0 Å². The van der Waals surface area contributed by atoms with Gasteiger partial charge in [0.25, 0.3) is 0 Å². The molecule has 0 radical (unpaired) electrons. The number of unbranched alkanes of at least 4 members (excludes halogenated alkanes) is 1. The number of rotatable bonds is 24. The van der Waals surface area contributed by atoms with Crippen LogP contribution >= 0.6 is 0 Å². The summed E-state index contributed by atoms with van der Waals surface area (Å²) in [5.41, 5.74) is 0. The second-order valence-electron chi connectivity index (χ2n) is 6.51. The van der Waals surface area contributed by atoms with Crippen LogP contribution in [0.5, 0.6) is 0 Å². The molecular weight excluding hydrogens is 392 g/mol. The van der Waals surface area contributed by atoms with Gasteiger partial charge in [-0.1, -0.05) is 33.3 Å². The fourth-order valence-electron chi connectivity index (χ4n) is 2.43. The largest absolute Gasteiger partial charge is 0.499 e. The molecule has 0 bridgehead atoms. The van der Waals surface area contributed by atoms with E-state index >= 15 is 0 Å². The number of ether oxygens (including phenoxy) is 7. The van der Waals surface area contributed by atoms with Crippen molar-refractivity contribution in [3.63, 3.8) is 0 Å². The molecule has 0 rings (SSSR count). The zero-order valence-electron chi connectivity index (χ0n) is 18.9. The summed E-state index contributed by atoms with van der Waals surface area (Å²) >= 11 is 0. The Morgan fingerprint density at radius 1 is 0.733 bits per heavy atom. The third-order valence-corrected chi connectivity index (χ3v) is 4.16. The van der Waals surface area contributed by atoms with Crippen LogP contribution in [-0.2, 0) is 38.0 Å². The lowest BCUT2D eigenvalue weighted by molar-refractivity contribution is -0.150. The summed E-state index contributed by atoms with van der Waals surface area (Å²) in [6.07, 6.45) is 5.26. The molecule has 0 aromatic heterocycles. The number of carbonyl (C=O) groups excluding carboxylic acids is 1. The van der Waals surface area contributed by atoms with E-state index in [1.165, 1.54) is 6.26 Å². The molecule has 0 aliphatic heterocycles. The van der Waals surface area contributed by atoms with Crippen molar-refractivity contribution in [2.75, 3.05) is 79.3 Å². The SMILES string of the molecule is C=COCCOCCOCCOCCOCCOCCOC(=O)C(CC)CCCC. The molecule has 0 aromatic rings. The summed E-state index contributed by atoms with van der Waals surface area (Å²) in [6.45, 7) is 13.3. The van der Waals surface area contributed by atoms with Crippen molar-refractivity contribution < 1.29 is 38.0 Å². The lowest BCUT2D eigenvalue weighted by atomic mass is 10.00. The van der Waals surface area contributed by atoms with Crippen molar-refractivity contribution in [3.8, 4) is 0 Å². The Hall–Kier alpha value is -1.19. The average molecular weight is 435 g/mol. The van der Waals surface area contributed by atoms with Gasteiger partial charge in [0.05, 0.1) is 78.2 Å². The van der Waals surface area contributed by atoms with E-state index in [4.69, 9.17) is 33.2 Å². The molecule has 0 amide bonds. The molecule has 0 fully saturated rings. The third kappa shape index (κ3) is 20.1. The van der Waals surface area contributed by atoms with Crippen LogP contribution in [0.15, 0.2) is 12.8 Å². The monoisotopic (exact) mass is 434 g/mol. The molecule has 30 heavy (non-hydrogen) atoms. The second kappa shape index (κ2) is 24.1. The van der Waals surface area contributed by atoms with Crippen LogP contribution in [0.1, 0.15) is 39.5 Å². The first-order valence-corrected chi connectivity index (χ1v) is 11.0. The Labute approximate surface area is 182 Å². The first-order valence-electron chi connectivity index (χ1n) is 11.0. The van der Waals surface area contributed by atoms with E-state index in [1.54, 1.807) is 0 Å². The summed E-state index contributed by atoms with van der Waals surface area (Å²) in [7, 11) is 0. The first kappa shape index (κ1) is 28.8. The lowest BCUT2D eigenvalue weighted by Crippen LogP contribution is -2.20. The summed E-state index contributed by atoms with van der Waals surface area (Å²) in [4.78, 5) is 11.9. The molecule has 0 aliphatic rings. The van der Waals surface area contributed by atoms with Gasteiger partial charge in [-0.3, -0.25) is 4.79 Å². The van der Waals surface area contributed by atoms with Gasteiger partial charge in [-0.15, -0.1) is 0 Å². The van der Waals surface area contributed by atoms with Crippen LogP contribution in [0.4, 0.5) is 0 Å². The van der Waals surface area contributed by atoms with Crippen molar-refractivity contribution in [1.82, 2.24) is 0 Å². The molecule has 0 aromatic carbocycles. The Kier molecular flexibility index (Phi) is 23.1. The Morgan fingerprint density at radius 3 is 1.57 bits per heavy atom. The minimum atomic E-state index is -0.113. The van der Waals surface area contributed by atoms with Crippen LogP contribution in [0.3, 0.4) is 0 Å². The predicted molar refractivity (Wildman–Crippen MR) is 115 cm³/mol. The van der Waals surface area contributed by atoms with Crippen LogP contribution in [0, 0.1) is 5.92 Å². The van der Waals surface area contributed by atoms with Crippen molar-refractivity contribution in [3.05, 3.63) is 12.8 Å². The van der Waals surface area contributed by atoms with Crippen LogP contribution in [0.2, 0.25) is 0 Å². The smallest absolute Gasteiger partial charge is 0.308 e. The maximum Gasteiger partial charge on any atom is 0.308 e. The van der Waals surface area contributed by atoms with Crippen LogP contribution < -0.4 is 0 Å². The molecule has 178 valence electrons. The average Bonchev–Trinajstić information content (AvgIpc) is 2.75. The van der Waals surface area contributed by atoms with Gasteiger partial charge < -0.3 is 33.2 Å². The van der Waals surface area contributed by atoms with Gasteiger partial charge in [-0.25, -0.2) is 0 Å². The molecule has 0 aliphatic carbocycles. The minimum absolute atomic E-state index is 0.00881. The summed E-state index contributed by atoms with van der Waals surface area (Å²) in [5.74, 6) is -0.105. The van der Waals surface area contributed by atoms with E-state index < -0.39 is 0 Å². The molecule has 0 spiro atoms. The lowest BCUT2D eigenvalue weighted by Gasteiger charge is -2.13. The van der Waals surface area contributed by atoms with E-state index in [1.807, 2.05) is 6.92 Å². The maximum absolute atomic E-state index is 11.9. The van der Waals surface area contributed by atoms with Crippen molar-refractivity contribution >= 4 is 5.97 Å². The third-order valence-electron chi connectivity index (χ3n) is 4.16. The van der Waals surface area contributed by atoms with Gasteiger partial charge in [0.1, 0.15) is 13.2 Å². The zero-order chi connectivity index (χ0) is 22.1.